The van der Waals surface area contributed by atoms with Crippen molar-refractivity contribution in [1.82, 2.24) is 0 Å². The lowest BCUT2D eigenvalue weighted by Gasteiger charge is -2.17. The zero-order valence-electron chi connectivity index (χ0n) is 16.4. The summed E-state index contributed by atoms with van der Waals surface area (Å²) in [5.41, 5.74) is 1.14. The Bertz CT molecular complexity index is 1090. The monoisotopic (exact) mass is 479 g/mol. The number of esters is 1. The van der Waals surface area contributed by atoms with Gasteiger partial charge in [-0.15, -0.1) is 0 Å². The Hall–Kier alpha value is -3.06. The molecule has 6 nitrogen and oxygen atoms in total. The Kier molecular flexibility index (Phi) is 4.85. The van der Waals surface area contributed by atoms with E-state index < -0.39 is 5.97 Å². The van der Waals surface area contributed by atoms with Gasteiger partial charge in [0.15, 0.2) is 12.4 Å². The van der Waals surface area contributed by atoms with Crippen LogP contribution in [0.2, 0.25) is 0 Å². The maximum atomic E-state index is 12.9. The summed E-state index contributed by atoms with van der Waals surface area (Å²) in [4.78, 5) is 51.5. The van der Waals surface area contributed by atoms with Crippen molar-refractivity contribution < 1.29 is 23.9 Å². The summed E-state index contributed by atoms with van der Waals surface area (Å²) in [6, 6.07) is 12.9. The number of ketones is 1. The van der Waals surface area contributed by atoms with Gasteiger partial charge in [-0.2, -0.15) is 0 Å². The summed E-state index contributed by atoms with van der Waals surface area (Å²) in [5, 5.41) is 0. The highest BCUT2D eigenvalue weighted by molar-refractivity contribution is 9.10. The molecule has 0 unspecified atom stereocenters. The minimum absolute atomic E-state index is 0.147. The molecule has 5 rings (SSSR count). The van der Waals surface area contributed by atoms with Crippen LogP contribution >= 0.6 is 15.9 Å². The highest BCUT2D eigenvalue weighted by atomic mass is 79.9. The number of carbonyl (C=O) groups is 4. The SMILES string of the molecule is O=C(COC(=O)c1ccc(N2C(=O)[C@@H]3[C@H](C2=O)[C@H]2C=C[C@@H]3C2)cc1)c1ccc(Br)cc1. The van der Waals surface area contributed by atoms with Crippen molar-refractivity contribution in [3.05, 3.63) is 76.3 Å². The van der Waals surface area contributed by atoms with Gasteiger partial charge in [0.2, 0.25) is 11.8 Å². The number of hydrogen-bond donors (Lipinski definition) is 0. The van der Waals surface area contributed by atoms with Gasteiger partial charge >= 0.3 is 5.97 Å². The van der Waals surface area contributed by atoms with Crippen LogP contribution in [-0.4, -0.2) is 30.2 Å². The largest absolute Gasteiger partial charge is 0.454 e. The summed E-state index contributed by atoms with van der Waals surface area (Å²) < 4.78 is 5.97. The van der Waals surface area contributed by atoms with Crippen LogP contribution in [0.15, 0.2) is 65.2 Å². The number of rotatable bonds is 5. The molecule has 3 aliphatic rings. The van der Waals surface area contributed by atoms with Gasteiger partial charge in [-0.25, -0.2) is 4.79 Å². The van der Waals surface area contributed by atoms with Crippen molar-refractivity contribution in [2.75, 3.05) is 11.5 Å². The first-order chi connectivity index (χ1) is 14.9. The molecule has 0 spiro atoms. The number of halogens is 1. The number of Topliss-reactive ketones (excluding diaryl/α,β-unsaturated/α-hetero) is 1. The van der Waals surface area contributed by atoms with Crippen LogP contribution < -0.4 is 4.90 Å². The average Bonchev–Trinajstić information content (AvgIpc) is 3.46. The predicted octanol–water partition coefficient (Wildman–Crippen LogP) is 3.80. The lowest BCUT2D eigenvalue weighted by molar-refractivity contribution is -0.123. The molecule has 0 radical (unpaired) electrons. The smallest absolute Gasteiger partial charge is 0.338 e. The van der Waals surface area contributed by atoms with E-state index in [1.54, 1.807) is 36.4 Å². The molecule has 0 aromatic heterocycles. The number of hydrogen-bond acceptors (Lipinski definition) is 5. The first kappa shape index (κ1) is 19.9. The maximum absolute atomic E-state index is 12.9. The topological polar surface area (TPSA) is 80.8 Å². The normalized spacial score (nSPS) is 25.8. The molecule has 156 valence electrons. The third-order valence-corrected chi connectivity index (χ3v) is 6.86. The summed E-state index contributed by atoms with van der Waals surface area (Å²) in [7, 11) is 0. The third kappa shape index (κ3) is 3.33. The van der Waals surface area contributed by atoms with Gasteiger partial charge in [0.05, 0.1) is 23.1 Å². The van der Waals surface area contributed by atoms with E-state index in [4.69, 9.17) is 4.74 Å². The number of imide groups is 1. The van der Waals surface area contributed by atoms with Crippen LogP contribution in [0.3, 0.4) is 0 Å². The van der Waals surface area contributed by atoms with Gasteiger partial charge in [0.1, 0.15) is 0 Å². The van der Waals surface area contributed by atoms with Crippen molar-refractivity contribution in [3.63, 3.8) is 0 Å². The van der Waals surface area contributed by atoms with E-state index in [0.29, 0.717) is 11.3 Å². The first-order valence-electron chi connectivity index (χ1n) is 10.1. The van der Waals surface area contributed by atoms with Gasteiger partial charge in [0.25, 0.3) is 0 Å². The van der Waals surface area contributed by atoms with E-state index in [9.17, 15) is 19.2 Å². The zero-order chi connectivity index (χ0) is 21.7. The molecule has 31 heavy (non-hydrogen) atoms. The standard InChI is InChI=1S/C24H18BrNO5/c25-17-7-3-13(4-8-17)19(27)12-31-24(30)14-5-9-18(10-6-14)26-22(28)20-15-1-2-16(11-15)21(20)23(26)29/h1-10,15-16,20-21H,11-12H2/t15-,16+,20+,21-. The molecule has 2 fully saturated rings. The number of ether oxygens (including phenoxy) is 1. The molecule has 1 saturated carbocycles. The highest BCUT2D eigenvalue weighted by Crippen LogP contribution is 2.53. The van der Waals surface area contributed by atoms with Crippen LogP contribution in [0, 0.1) is 23.7 Å². The second kappa shape index (κ2) is 7.57. The summed E-state index contributed by atoms with van der Waals surface area (Å²) >= 11 is 3.30. The molecule has 2 aromatic carbocycles. The van der Waals surface area contributed by atoms with Crippen molar-refractivity contribution in [2.45, 2.75) is 6.42 Å². The van der Waals surface area contributed by atoms with E-state index >= 15 is 0 Å². The lowest BCUT2D eigenvalue weighted by Crippen LogP contribution is -2.32. The molecule has 1 heterocycles. The highest BCUT2D eigenvalue weighted by Gasteiger charge is 2.59. The van der Waals surface area contributed by atoms with Crippen molar-refractivity contribution in [2.24, 2.45) is 23.7 Å². The van der Waals surface area contributed by atoms with Gasteiger partial charge < -0.3 is 4.74 Å². The molecule has 1 aliphatic heterocycles. The van der Waals surface area contributed by atoms with Crippen LogP contribution in [-0.2, 0) is 14.3 Å². The van der Waals surface area contributed by atoms with E-state index in [-0.39, 0.29) is 53.4 Å². The number of allylic oxidation sites excluding steroid dienone is 2. The van der Waals surface area contributed by atoms with Crippen molar-refractivity contribution >= 4 is 45.2 Å². The van der Waals surface area contributed by atoms with Crippen LogP contribution in [0.1, 0.15) is 27.1 Å². The van der Waals surface area contributed by atoms with E-state index in [2.05, 4.69) is 28.1 Å². The van der Waals surface area contributed by atoms with E-state index in [1.807, 2.05) is 0 Å². The molecule has 2 aromatic rings. The van der Waals surface area contributed by atoms with Crippen molar-refractivity contribution in [1.29, 1.82) is 0 Å². The number of benzene rings is 2. The summed E-state index contributed by atoms with van der Waals surface area (Å²) in [6.07, 6.45) is 4.98. The molecular formula is C24H18BrNO5. The molecule has 0 N–H and O–H groups in total. The quantitative estimate of drug-likeness (QED) is 0.282. The number of nitrogens with zero attached hydrogens (tertiary/aromatic N) is 1. The molecule has 2 bridgehead atoms. The first-order valence-corrected chi connectivity index (χ1v) is 10.9. The Morgan fingerprint density at radius 2 is 1.42 bits per heavy atom. The van der Waals surface area contributed by atoms with Gasteiger partial charge in [-0.1, -0.05) is 40.2 Å². The molecule has 2 amide bonds. The minimum Gasteiger partial charge on any atom is -0.454 e. The van der Waals surface area contributed by atoms with Gasteiger partial charge in [0, 0.05) is 10.0 Å². The van der Waals surface area contributed by atoms with Crippen LogP contribution in [0.5, 0.6) is 0 Å². The fraction of sp³-hybridized carbons (Fsp3) is 0.250. The number of anilines is 1. The maximum Gasteiger partial charge on any atom is 0.338 e. The third-order valence-electron chi connectivity index (χ3n) is 6.33. The van der Waals surface area contributed by atoms with Crippen molar-refractivity contribution in [3.8, 4) is 0 Å². The van der Waals surface area contributed by atoms with E-state index in [0.717, 1.165) is 10.9 Å². The van der Waals surface area contributed by atoms with Crippen LogP contribution in [0.4, 0.5) is 5.69 Å². The fourth-order valence-corrected chi connectivity index (χ4v) is 5.10. The molecule has 2 aliphatic carbocycles. The minimum atomic E-state index is -0.643. The summed E-state index contributed by atoms with van der Waals surface area (Å²) in [6.45, 7) is -0.371. The second-order valence-electron chi connectivity index (χ2n) is 8.06. The Morgan fingerprint density at radius 3 is 2.00 bits per heavy atom. The average molecular weight is 480 g/mol. The molecule has 7 heteroatoms. The Morgan fingerprint density at radius 1 is 0.871 bits per heavy atom. The molecule has 1 saturated heterocycles. The van der Waals surface area contributed by atoms with Gasteiger partial charge in [-0.05, 0) is 54.7 Å². The molecule has 4 atom stereocenters. The van der Waals surface area contributed by atoms with Crippen LogP contribution in [0.25, 0.3) is 0 Å². The Labute approximate surface area is 187 Å². The lowest BCUT2D eigenvalue weighted by atomic mass is 9.85. The predicted molar refractivity (Wildman–Crippen MR) is 115 cm³/mol. The summed E-state index contributed by atoms with van der Waals surface area (Å²) in [5.74, 6) is -1.52. The second-order valence-corrected chi connectivity index (χ2v) is 8.98. The molecular weight excluding hydrogens is 462 g/mol. The number of fused-ring (bicyclic) bond motifs is 5. The fourth-order valence-electron chi connectivity index (χ4n) is 4.84. The number of amides is 2. The van der Waals surface area contributed by atoms with E-state index in [1.165, 1.54) is 17.0 Å². The Balaban J connectivity index is 1.24. The zero-order valence-corrected chi connectivity index (χ0v) is 17.9. The number of carbonyl (C=O) groups excluding carboxylic acids is 4. The van der Waals surface area contributed by atoms with Gasteiger partial charge in [-0.3, -0.25) is 19.3 Å².